The Hall–Kier alpha value is -2.69. The lowest BCUT2D eigenvalue weighted by atomic mass is 10.0. The zero-order valence-corrected chi connectivity index (χ0v) is 11.0. The third-order valence-electron chi connectivity index (χ3n) is 3.23. The molecule has 0 radical (unpaired) electrons. The molecule has 1 aliphatic carbocycles. The Morgan fingerprint density at radius 3 is 2.71 bits per heavy atom. The lowest BCUT2D eigenvalue weighted by Gasteiger charge is -2.14. The van der Waals surface area contributed by atoms with Crippen LogP contribution in [0.2, 0.25) is 0 Å². The van der Waals surface area contributed by atoms with Gasteiger partial charge in [0.1, 0.15) is 25.3 Å². The van der Waals surface area contributed by atoms with Crippen LogP contribution in [0.1, 0.15) is 5.56 Å². The number of fused-ring (bicyclic) bond motifs is 1. The number of aldehydes is 1. The molecule has 0 bridgehead atoms. The van der Waals surface area contributed by atoms with Gasteiger partial charge >= 0.3 is 0 Å². The van der Waals surface area contributed by atoms with Crippen LogP contribution in [-0.2, 0) is 25.7 Å². The third kappa shape index (κ3) is 2.50. The minimum absolute atomic E-state index is 0.0744. The van der Waals surface area contributed by atoms with Gasteiger partial charge < -0.3 is 9.47 Å². The predicted octanol–water partition coefficient (Wildman–Crippen LogP) is 2.22. The fraction of sp³-hybridized carbons (Fsp3) is 0.125. The highest BCUT2D eigenvalue weighted by Gasteiger charge is 2.31. The van der Waals surface area contributed by atoms with Crippen molar-refractivity contribution < 1.29 is 23.5 Å². The van der Waals surface area contributed by atoms with Crippen LogP contribution in [0.5, 0.6) is 0 Å². The van der Waals surface area contributed by atoms with E-state index in [1.54, 1.807) is 12.1 Å². The molecule has 1 aromatic carbocycles. The molecule has 0 amide bonds. The smallest absolute Gasteiger partial charge is 0.190 e. The Morgan fingerprint density at radius 1 is 1.24 bits per heavy atom. The summed E-state index contributed by atoms with van der Waals surface area (Å²) in [6.07, 6.45) is 3.48. The van der Waals surface area contributed by atoms with Gasteiger partial charge in [0, 0.05) is 5.57 Å². The van der Waals surface area contributed by atoms with Gasteiger partial charge in [-0.1, -0.05) is 12.1 Å². The van der Waals surface area contributed by atoms with Gasteiger partial charge in [-0.3, -0.25) is 9.59 Å². The number of carbonyl (C=O) groups is 2. The maximum Gasteiger partial charge on any atom is 0.190 e. The van der Waals surface area contributed by atoms with Crippen molar-refractivity contribution in [3.05, 3.63) is 70.5 Å². The van der Waals surface area contributed by atoms with Gasteiger partial charge in [-0.15, -0.1) is 0 Å². The number of rotatable bonds is 4. The second kappa shape index (κ2) is 5.36. The van der Waals surface area contributed by atoms with Crippen molar-refractivity contribution in [3.8, 4) is 0 Å². The molecule has 1 aromatic rings. The Morgan fingerprint density at radius 2 is 2.00 bits per heavy atom. The molecule has 0 N–H and O–H groups in total. The number of ether oxygens (including phenoxy) is 2. The van der Waals surface area contributed by atoms with Crippen molar-refractivity contribution in [1.29, 1.82) is 0 Å². The monoisotopic (exact) mass is 286 g/mol. The van der Waals surface area contributed by atoms with Crippen LogP contribution < -0.4 is 0 Å². The number of halogens is 1. The maximum absolute atomic E-state index is 12.8. The molecule has 3 rings (SSSR count). The summed E-state index contributed by atoms with van der Waals surface area (Å²) in [5, 5.41) is 0. The van der Waals surface area contributed by atoms with Gasteiger partial charge in [0.05, 0.1) is 5.57 Å². The number of allylic oxidation sites excluding steroid dienone is 3. The van der Waals surface area contributed by atoms with Gasteiger partial charge in [0.25, 0.3) is 0 Å². The molecule has 0 spiro atoms. The molecule has 0 saturated carbocycles. The van der Waals surface area contributed by atoms with E-state index >= 15 is 0 Å². The van der Waals surface area contributed by atoms with Crippen molar-refractivity contribution in [2.75, 3.05) is 6.61 Å². The molecule has 0 fully saturated rings. The van der Waals surface area contributed by atoms with Crippen LogP contribution in [-0.4, -0.2) is 18.7 Å². The Bertz CT molecular complexity index is 695. The molecule has 0 unspecified atom stereocenters. The summed E-state index contributed by atoms with van der Waals surface area (Å²) in [6, 6.07) is 5.92. The number of hydrogen-bond donors (Lipinski definition) is 0. The first-order chi connectivity index (χ1) is 10.2. The number of ketones is 1. The van der Waals surface area contributed by atoms with Crippen LogP contribution in [0.15, 0.2) is 59.1 Å². The second-order valence-electron chi connectivity index (χ2n) is 4.61. The molecule has 21 heavy (non-hydrogen) atoms. The van der Waals surface area contributed by atoms with E-state index < -0.39 is 0 Å². The SMILES string of the molecule is O=CC1=C2C(=O)C=CC(OCc3ccc(F)cc3)=C2OC1. The van der Waals surface area contributed by atoms with E-state index in [9.17, 15) is 14.0 Å². The Labute approximate surface area is 120 Å². The van der Waals surface area contributed by atoms with Gasteiger partial charge in [0.15, 0.2) is 17.3 Å². The highest BCUT2D eigenvalue weighted by molar-refractivity contribution is 6.12. The normalized spacial score (nSPS) is 16.9. The van der Waals surface area contributed by atoms with E-state index in [0.717, 1.165) is 5.56 Å². The van der Waals surface area contributed by atoms with Crippen molar-refractivity contribution in [1.82, 2.24) is 0 Å². The average molecular weight is 286 g/mol. The largest absolute Gasteiger partial charge is 0.485 e. The summed E-state index contributed by atoms with van der Waals surface area (Å²) < 4.78 is 23.8. The van der Waals surface area contributed by atoms with Gasteiger partial charge in [-0.25, -0.2) is 4.39 Å². The zero-order chi connectivity index (χ0) is 14.8. The van der Waals surface area contributed by atoms with Gasteiger partial charge in [0.2, 0.25) is 0 Å². The lowest BCUT2D eigenvalue weighted by molar-refractivity contribution is -0.112. The van der Waals surface area contributed by atoms with E-state index in [1.807, 2.05) is 0 Å². The minimum atomic E-state index is -0.316. The topological polar surface area (TPSA) is 52.6 Å². The van der Waals surface area contributed by atoms with E-state index in [1.165, 1.54) is 24.3 Å². The summed E-state index contributed by atoms with van der Waals surface area (Å²) in [4.78, 5) is 22.7. The zero-order valence-electron chi connectivity index (χ0n) is 11.0. The first-order valence-corrected chi connectivity index (χ1v) is 6.34. The van der Waals surface area contributed by atoms with Gasteiger partial charge in [-0.2, -0.15) is 0 Å². The van der Waals surface area contributed by atoms with Crippen LogP contribution >= 0.6 is 0 Å². The fourth-order valence-corrected chi connectivity index (χ4v) is 2.16. The molecule has 0 saturated heterocycles. The summed E-state index contributed by atoms with van der Waals surface area (Å²) in [6.45, 7) is 0.287. The number of carbonyl (C=O) groups excluding carboxylic acids is 2. The van der Waals surface area contributed by atoms with Crippen LogP contribution in [0.3, 0.4) is 0 Å². The summed E-state index contributed by atoms with van der Waals surface area (Å²) in [7, 11) is 0. The van der Waals surface area contributed by atoms with E-state index in [-0.39, 0.29) is 30.4 Å². The molecule has 106 valence electrons. The first kappa shape index (κ1) is 13.3. The molecule has 1 heterocycles. The molecule has 4 nitrogen and oxygen atoms in total. The highest BCUT2D eigenvalue weighted by atomic mass is 19.1. The minimum Gasteiger partial charge on any atom is -0.485 e. The summed E-state index contributed by atoms with van der Waals surface area (Å²) in [5.41, 5.74) is 1.37. The maximum atomic E-state index is 12.8. The standard InChI is InChI=1S/C16H11FO4/c17-12-3-1-10(2-4-12)8-20-14-6-5-13(19)15-11(7-18)9-21-16(14)15/h1-7H,8-9H2. The highest BCUT2D eigenvalue weighted by Crippen LogP contribution is 2.32. The third-order valence-corrected chi connectivity index (χ3v) is 3.23. The van der Waals surface area contributed by atoms with Crippen LogP contribution in [0, 0.1) is 5.82 Å². The van der Waals surface area contributed by atoms with Crippen LogP contribution in [0.4, 0.5) is 4.39 Å². The fourth-order valence-electron chi connectivity index (χ4n) is 2.16. The van der Waals surface area contributed by atoms with Crippen molar-refractivity contribution in [2.45, 2.75) is 6.61 Å². The quantitative estimate of drug-likeness (QED) is 0.796. The Kier molecular flexibility index (Phi) is 3.39. The molecular weight excluding hydrogens is 275 g/mol. The molecule has 1 aliphatic heterocycles. The molecule has 0 aromatic heterocycles. The van der Waals surface area contributed by atoms with Crippen molar-refractivity contribution in [3.63, 3.8) is 0 Å². The first-order valence-electron chi connectivity index (χ1n) is 6.34. The molecule has 2 aliphatic rings. The van der Waals surface area contributed by atoms with Gasteiger partial charge in [-0.05, 0) is 29.8 Å². The lowest BCUT2D eigenvalue weighted by Crippen LogP contribution is -2.10. The van der Waals surface area contributed by atoms with E-state index in [4.69, 9.17) is 9.47 Å². The Balaban J connectivity index is 1.82. The second-order valence-corrected chi connectivity index (χ2v) is 4.61. The number of benzene rings is 1. The molecule has 0 atom stereocenters. The van der Waals surface area contributed by atoms with E-state index in [0.29, 0.717) is 23.4 Å². The summed E-state index contributed by atoms with van der Waals surface area (Å²) in [5.74, 6) is 0.111. The predicted molar refractivity (Wildman–Crippen MR) is 71.4 cm³/mol. The molecular formula is C16H11FO4. The number of hydrogen-bond acceptors (Lipinski definition) is 4. The average Bonchev–Trinajstić information content (AvgIpc) is 2.93. The summed E-state index contributed by atoms with van der Waals surface area (Å²) >= 11 is 0. The molecule has 5 heteroatoms. The van der Waals surface area contributed by atoms with E-state index in [2.05, 4.69) is 0 Å². The van der Waals surface area contributed by atoms with Crippen molar-refractivity contribution >= 4 is 12.1 Å². The van der Waals surface area contributed by atoms with Crippen LogP contribution in [0.25, 0.3) is 0 Å². The van der Waals surface area contributed by atoms with Crippen molar-refractivity contribution in [2.24, 2.45) is 0 Å².